The van der Waals surface area contributed by atoms with E-state index in [1.54, 1.807) is 0 Å². The molecule has 4 rings (SSSR count). The van der Waals surface area contributed by atoms with Gasteiger partial charge in [0.15, 0.2) is 5.82 Å². The molecule has 144 valence electrons. The van der Waals surface area contributed by atoms with Gasteiger partial charge in [0.05, 0.1) is 11.7 Å². The average Bonchev–Trinajstić information content (AvgIpc) is 3.02. The maximum atomic E-state index is 11.8. The number of nitrogens with zero attached hydrogens (tertiary/aromatic N) is 2. The highest BCUT2D eigenvalue weighted by Crippen LogP contribution is 2.36. The lowest BCUT2D eigenvalue weighted by Gasteiger charge is -2.26. The fraction of sp³-hybridized carbons (Fsp3) is 0.273. The summed E-state index contributed by atoms with van der Waals surface area (Å²) in [4.78, 5) is 16.4. The second-order valence-corrected chi connectivity index (χ2v) is 8.11. The van der Waals surface area contributed by atoms with Crippen LogP contribution in [0.4, 0.5) is 0 Å². The third-order valence-electron chi connectivity index (χ3n) is 5.69. The van der Waals surface area contributed by atoms with Crippen molar-refractivity contribution in [3.05, 3.63) is 74.8 Å². The first-order chi connectivity index (χ1) is 13.4. The van der Waals surface area contributed by atoms with Crippen LogP contribution < -0.4 is 11.1 Å². The van der Waals surface area contributed by atoms with Gasteiger partial charge in [-0.2, -0.15) is 0 Å². The molecule has 2 heterocycles. The van der Waals surface area contributed by atoms with Gasteiger partial charge in [-0.3, -0.25) is 4.79 Å². The topological polar surface area (TPSA) is 72.9 Å². The Bertz CT molecular complexity index is 1090. The van der Waals surface area contributed by atoms with Gasteiger partial charge >= 0.3 is 0 Å². The summed E-state index contributed by atoms with van der Waals surface area (Å²) >= 11 is 3.64. The molecule has 3 aromatic rings. The predicted octanol–water partition coefficient (Wildman–Crippen LogP) is 3.80. The molecule has 1 unspecified atom stereocenters. The molecule has 0 saturated carbocycles. The molecule has 3 N–H and O–H groups in total. The minimum Gasteiger partial charge on any atom is -0.363 e. The number of halogens is 1. The van der Waals surface area contributed by atoms with Gasteiger partial charge in [-0.1, -0.05) is 46.3 Å². The number of rotatable bonds is 3. The summed E-state index contributed by atoms with van der Waals surface area (Å²) in [6.07, 6.45) is 0.825. The molecule has 1 atom stereocenters. The number of imidazole rings is 1. The number of benzene rings is 2. The Kier molecular flexibility index (Phi) is 4.85. The highest BCUT2D eigenvalue weighted by molar-refractivity contribution is 9.10. The summed E-state index contributed by atoms with van der Waals surface area (Å²) < 4.78 is 2.94. The molecule has 0 bridgehead atoms. The predicted molar refractivity (Wildman–Crippen MR) is 114 cm³/mol. The van der Waals surface area contributed by atoms with E-state index in [0.717, 1.165) is 28.8 Å². The van der Waals surface area contributed by atoms with Gasteiger partial charge in [0, 0.05) is 30.2 Å². The molecule has 0 saturated heterocycles. The molecule has 1 aromatic heterocycles. The van der Waals surface area contributed by atoms with Gasteiger partial charge < -0.3 is 15.6 Å². The number of hydrogen-bond donors (Lipinski definition) is 2. The molecular weight excluding hydrogens is 416 g/mol. The first-order valence-electron chi connectivity index (χ1n) is 9.33. The zero-order valence-electron chi connectivity index (χ0n) is 16.2. The highest BCUT2D eigenvalue weighted by atomic mass is 79.9. The minimum atomic E-state index is -0.495. The van der Waals surface area contributed by atoms with Crippen molar-refractivity contribution in [1.82, 2.24) is 14.9 Å². The first kappa shape index (κ1) is 18.9. The van der Waals surface area contributed by atoms with Gasteiger partial charge in [0.1, 0.15) is 0 Å². The summed E-state index contributed by atoms with van der Waals surface area (Å²) in [7, 11) is 1.86. The van der Waals surface area contributed by atoms with Crippen LogP contribution in [0.5, 0.6) is 0 Å². The maximum absolute atomic E-state index is 11.8. The van der Waals surface area contributed by atoms with Gasteiger partial charge in [-0.15, -0.1) is 0 Å². The van der Waals surface area contributed by atoms with Crippen LogP contribution in [0.3, 0.4) is 0 Å². The largest absolute Gasteiger partial charge is 0.363 e. The Hall–Kier alpha value is -2.44. The molecule has 2 aromatic carbocycles. The SMILES string of the molecule is Cc1c(Br)cccc1-c1cccc(C2NCCc3c2nc(C(N)=O)n3C)c1C. The number of hydrogen-bond acceptors (Lipinski definition) is 3. The van der Waals surface area contributed by atoms with Crippen molar-refractivity contribution >= 4 is 21.8 Å². The van der Waals surface area contributed by atoms with Crippen molar-refractivity contribution < 1.29 is 4.79 Å². The summed E-state index contributed by atoms with van der Waals surface area (Å²) in [6, 6.07) is 12.6. The standard InChI is InChI=1S/C22H23BrN4O/c1-12-14(15-7-5-9-17(23)13(15)2)6-4-8-16(12)19-20-18(10-11-25-19)27(3)22(26-20)21(24)28/h4-9,19,25H,10-11H2,1-3H3,(H2,24,28). The maximum Gasteiger partial charge on any atom is 0.284 e. The Morgan fingerprint density at radius 1 is 1.18 bits per heavy atom. The number of aromatic nitrogens is 2. The van der Waals surface area contributed by atoms with Crippen LogP contribution in [0, 0.1) is 13.8 Å². The van der Waals surface area contributed by atoms with Crippen LogP contribution >= 0.6 is 15.9 Å². The van der Waals surface area contributed by atoms with Gasteiger partial charge in [-0.25, -0.2) is 4.98 Å². The lowest BCUT2D eigenvalue weighted by atomic mass is 9.88. The Labute approximate surface area is 173 Å². The fourth-order valence-electron chi connectivity index (χ4n) is 4.15. The molecule has 0 aliphatic carbocycles. The molecule has 1 aliphatic heterocycles. The zero-order valence-corrected chi connectivity index (χ0v) is 17.8. The van der Waals surface area contributed by atoms with Crippen molar-refractivity contribution in [3.63, 3.8) is 0 Å². The summed E-state index contributed by atoms with van der Waals surface area (Å²) in [5.74, 6) is -0.179. The van der Waals surface area contributed by atoms with Crippen molar-refractivity contribution in [2.45, 2.75) is 26.3 Å². The monoisotopic (exact) mass is 438 g/mol. The fourth-order valence-corrected chi connectivity index (χ4v) is 4.51. The number of carbonyl (C=O) groups is 1. The van der Waals surface area contributed by atoms with E-state index >= 15 is 0 Å². The van der Waals surface area contributed by atoms with Crippen molar-refractivity contribution in [3.8, 4) is 11.1 Å². The third kappa shape index (κ3) is 2.97. The second kappa shape index (κ2) is 7.18. The molecule has 0 radical (unpaired) electrons. The Balaban J connectivity index is 1.86. The number of primary amides is 1. The second-order valence-electron chi connectivity index (χ2n) is 7.26. The van der Waals surface area contributed by atoms with Crippen molar-refractivity contribution in [2.75, 3.05) is 6.54 Å². The average molecular weight is 439 g/mol. The molecule has 0 fully saturated rings. The van der Waals surface area contributed by atoms with Crippen LogP contribution in [0.2, 0.25) is 0 Å². The summed E-state index contributed by atoms with van der Waals surface area (Å²) in [5.41, 5.74) is 13.5. The number of carbonyl (C=O) groups excluding carboxylic acids is 1. The van der Waals surface area contributed by atoms with Gasteiger partial charge in [-0.05, 0) is 47.7 Å². The molecular formula is C22H23BrN4O. The number of fused-ring (bicyclic) bond motifs is 1. The molecule has 28 heavy (non-hydrogen) atoms. The van der Waals surface area contributed by atoms with E-state index in [4.69, 9.17) is 5.73 Å². The third-order valence-corrected chi connectivity index (χ3v) is 6.55. The number of amides is 1. The highest BCUT2D eigenvalue weighted by Gasteiger charge is 2.30. The van der Waals surface area contributed by atoms with E-state index in [9.17, 15) is 4.79 Å². The van der Waals surface area contributed by atoms with Crippen LogP contribution in [0.1, 0.15) is 44.7 Å². The van der Waals surface area contributed by atoms with E-state index in [2.05, 4.69) is 76.5 Å². The first-order valence-corrected chi connectivity index (χ1v) is 10.1. The van der Waals surface area contributed by atoms with Crippen molar-refractivity contribution in [2.24, 2.45) is 12.8 Å². The normalized spacial score (nSPS) is 16.1. The smallest absolute Gasteiger partial charge is 0.284 e. The van der Waals surface area contributed by atoms with E-state index in [0.29, 0.717) is 5.82 Å². The molecule has 1 amide bonds. The van der Waals surface area contributed by atoms with E-state index in [-0.39, 0.29) is 6.04 Å². The van der Waals surface area contributed by atoms with Gasteiger partial charge in [0.2, 0.25) is 0 Å². The molecule has 1 aliphatic rings. The molecule has 5 nitrogen and oxygen atoms in total. The van der Waals surface area contributed by atoms with E-state index in [1.807, 2.05) is 11.6 Å². The van der Waals surface area contributed by atoms with Crippen LogP contribution in [0.25, 0.3) is 11.1 Å². The van der Waals surface area contributed by atoms with Crippen LogP contribution in [-0.4, -0.2) is 22.0 Å². The zero-order chi connectivity index (χ0) is 20.0. The lowest BCUT2D eigenvalue weighted by Crippen LogP contribution is -2.32. The minimum absolute atomic E-state index is 0.0598. The quantitative estimate of drug-likeness (QED) is 0.652. The van der Waals surface area contributed by atoms with Crippen LogP contribution in [0.15, 0.2) is 40.9 Å². The van der Waals surface area contributed by atoms with E-state index < -0.39 is 5.91 Å². The van der Waals surface area contributed by atoms with Crippen LogP contribution in [-0.2, 0) is 13.5 Å². The Morgan fingerprint density at radius 2 is 1.86 bits per heavy atom. The van der Waals surface area contributed by atoms with Gasteiger partial charge in [0.25, 0.3) is 5.91 Å². The molecule has 0 spiro atoms. The lowest BCUT2D eigenvalue weighted by molar-refractivity contribution is 0.0987. The van der Waals surface area contributed by atoms with Crippen molar-refractivity contribution in [1.29, 1.82) is 0 Å². The summed E-state index contributed by atoms with van der Waals surface area (Å²) in [5, 5.41) is 3.58. The number of nitrogens with two attached hydrogens (primary N) is 1. The van der Waals surface area contributed by atoms with E-state index in [1.165, 1.54) is 27.8 Å². The Morgan fingerprint density at radius 3 is 2.57 bits per heavy atom. The molecule has 6 heteroatoms. The summed E-state index contributed by atoms with van der Waals surface area (Å²) in [6.45, 7) is 5.11. The number of nitrogens with one attached hydrogen (secondary N) is 1.